The van der Waals surface area contributed by atoms with Crippen molar-refractivity contribution in [1.29, 1.82) is 0 Å². The van der Waals surface area contributed by atoms with Crippen molar-refractivity contribution >= 4 is 29.3 Å². The molecule has 0 aliphatic heterocycles. The number of ether oxygens (including phenoxy) is 1. The van der Waals surface area contributed by atoms with Crippen LogP contribution < -0.4 is 4.74 Å². The smallest absolute Gasteiger partial charge is 0.303 e. The Balaban J connectivity index is 1.75. The molecule has 1 aromatic carbocycles. The summed E-state index contributed by atoms with van der Waals surface area (Å²) in [7, 11) is 0. The second-order valence-corrected chi connectivity index (χ2v) is 8.89. The maximum Gasteiger partial charge on any atom is 0.303 e. The summed E-state index contributed by atoms with van der Waals surface area (Å²) in [5.41, 5.74) is 0. The number of carboxylic acid groups (broad SMARTS) is 1. The Bertz CT molecular complexity index is 670. The molecule has 1 fully saturated rings. The van der Waals surface area contributed by atoms with Crippen LogP contribution in [-0.2, 0) is 4.79 Å². The third-order valence-corrected chi connectivity index (χ3v) is 6.70. The van der Waals surface area contributed by atoms with Gasteiger partial charge in [-0.05, 0) is 37.5 Å². The summed E-state index contributed by atoms with van der Waals surface area (Å²) in [6, 6.07) is 6.96. The molecule has 5 unspecified atom stereocenters. The normalized spacial score (nSPS) is 25.4. The summed E-state index contributed by atoms with van der Waals surface area (Å²) in [6.07, 6.45) is 4.28. The van der Waals surface area contributed by atoms with E-state index < -0.39 is 24.3 Å². The van der Waals surface area contributed by atoms with E-state index in [1.54, 1.807) is 24.3 Å². The van der Waals surface area contributed by atoms with E-state index >= 15 is 0 Å². The molecule has 6 nitrogen and oxygen atoms in total. The van der Waals surface area contributed by atoms with Crippen LogP contribution >= 0.6 is 23.4 Å². The van der Waals surface area contributed by atoms with Crippen molar-refractivity contribution in [2.24, 2.45) is 5.92 Å². The zero-order chi connectivity index (χ0) is 21.2. The molecule has 0 heterocycles. The molecule has 0 spiro atoms. The maximum atomic E-state index is 10.5. The molecule has 0 amide bonds. The zero-order valence-electron chi connectivity index (χ0n) is 16.2. The van der Waals surface area contributed by atoms with Gasteiger partial charge in [0.05, 0.1) is 18.3 Å². The second kappa shape index (κ2) is 12.4. The average Bonchev–Trinajstić information content (AvgIpc) is 2.93. The van der Waals surface area contributed by atoms with Crippen LogP contribution in [0.5, 0.6) is 5.75 Å². The Hall–Kier alpha value is -1.25. The molecule has 2 rings (SSSR count). The number of benzene rings is 1. The van der Waals surface area contributed by atoms with Crippen molar-refractivity contribution in [2.75, 3.05) is 12.4 Å². The van der Waals surface area contributed by atoms with Crippen LogP contribution in [-0.4, -0.2) is 62.3 Å². The second-order valence-electron chi connectivity index (χ2n) is 7.25. The summed E-state index contributed by atoms with van der Waals surface area (Å²) in [5, 5.41) is 39.8. The molecule has 0 bridgehead atoms. The van der Waals surface area contributed by atoms with Crippen molar-refractivity contribution in [3.8, 4) is 5.75 Å². The number of rotatable bonds is 12. The fourth-order valence-corrected chi connectivity index (χ4v) is 4.94. The van der Waals surface area contributed by atoms with Crippen molar-refractivity contribution in [3.63, 3.8) is 0 Å². The first kappa shape index (κ1) is 24.0. The summed E-state index contributed by atoms with van der Waals surface area (Å²) < 4.78 is 5.55. The fourth-order valence-electron chi connectivity index (χ4n) is 3.35. The SMILES string of the molecule is O=C(O)CCC/C=C/CC1C(O)CC(O)C1SCC(O)COc1cccc(Cl)c1. The van der Waals surface area contributed by atoms with E-state index in [0.717, 1.165) is 0 Å². The topological polar surface area (TPSA) is 107 Å². The van der Waals surface area contributed by atoms with Gasteiger partial charge in [0, 0.05) is 34.8 Å². The number of hydrogen-bond acceptors (Lipinski definition) is 6. The summed E-state index contributed by atoms with van der Waals surface area (Å²) >= 11 is 7.35. The lowest BCUT2D eigenvalue weighted by Gasteiger charge is -2.23. The Morgan fingerprint density at radius 3 is 2.83 bits per heavy atom. The van der Waals surface area contributed by atoms with E-state index in [1.165, 1.54) is 11.8 Å². The van der Waals surface area contributed by atoms with Gasteiger partial charge in [0.25, 0.3) is 0 Å². The van der Waals surface area contributed by atoms with Crippen molar-refractivity contribution in [3.05, 3.63) is 41.4 Å². The Kier molecular flexibility index (Phi) is 10.3. The Morgan fingerprint density at radius 2 is 2.10 bits per heavy atom. The molecule has 0 radical (unpaired) electrons. The fraction of sp³-hybridized carbons (Fsp3) is 0.571. The standard InChI is InChI=1S/C21H29ClO6S/c22-14-6-5-7-16(10-14)28-12-15(23)13-29-21-17(18(24)11-19(21)25)8-3-1-2-4-9-20(26)27/h1,3,5-7,10,15,17-19,21,23-25H,2,4,8-9,11-13H2,(H,26,27)/b3-1+. The number of hydrogen-bond donors (Lipinski definition) is 4. The first-order chi connectivity index (χ1) is 13.9. The Labute approximate surface area is 180 Å². The van der Waals surface area contributed by atoms with Crippen molar-refractivity contribution < 1.29 is 30.0 Å². The molecule has 0 saturated heterocycles. The average molecular weight is 445 g/mol. The minimum atomic E-state index is -0.804. The summed E-state index contributed by atoms with van der Waals surface area (Å²) in [5.74, 6) is 0.0612. The highest BCUT2D eigenvalue weighted by Gasteiger charge is 2.41. The number of aliphatic hydroxyl groups is 3. The number of aliphatic hydroxyl groups excluding tert-OH is 3. The minimum absolute atomic E-state index is 0.105. The van der Waals surface area contributed by atoms with Crippen LogP contribution in [0.15, 0.2) is 36.4 Å². The summed E-state index contributed by atoms with van der Waals surface area (Å²) in [6.45, 7) is 0.118. The van der Waals surface area contributed by atoms with Gasteiger partial charge in [0.1, 0.15) is 12.4 Å². The van der Waals surface area contributed by atoms with Crippen LogP contribution in [0.1, 0.15) is 32.1 Å². The highest BCUT2D eigenvalue weighted by Crippen LogP contribution is 2.38. The van der Waals surface area contributed by atoms with E-state index in [4.69, 9.17) is 21.4 Å². The predicted octanol–water partition coefficient (Wildman–Crippen LogP) is 3.12. The number of halogens is 1. The summed E-state index contributed by atoms with van der Waals surface area (Å²) in [4.78, 5) is 10.5. The van der Waals surface area contributed by atoms with Gasteiger partial charge >= 0.3 is 5.97 Å². The highest BCUT2D eigenvalue weighted by atomic mass is 35.5. The number of aliphatic carboxylic acids is 1. The molecule has 0 aromatic heterocycles. The molecule has 1 aliphatic carbocycles. The van der Waals surface area contributed by atoms with Crippen LogP contribution in [0.3, 0.4) is 0 Å². The first-order valence-electron chi connectivity index (χ1n) is 9.77. The van der Waals surface area contributed by atoms with E-state index in [9.17, 15) is 20.1 Å². The van der Waals surface area contributed by atoms with Crippen LogP contribution in [0.4, 0.5) is 0 Å². The van der Waals surface area contributed by atoms with Gasteiger partial charge in [0.15, 0.2) is 0 Å². The number of carbonyl (C=O) groups is 1. The molecule has 29 heavy (non-hydrogen) atoms. The van der Waals surface area contributed by atoms with Gasteiger partial charge in [0.2, 0.25) is 0 Å². The highest BCUT2D eigenvalue weighted by molar-refractivity contribution is 8.00. The van der Waals surface area contributed by atoms with E-state index in [-0.39, 0.29) is 24.2 Å². The largest absolute Gasteiger partial charge is 0.491 e. The van der Waals surface area contributed by atoms with Crippen molar-refractivity contribution in [2.45, 2.75) is 55.7 Å². The Morgan fingerprint density at radius 1 is 1.31 bits per heavy atom. The maximum absolute atomic E-state index is 10.5. The third-order valence-electron chi connectivity index (χ3n) is 4.83. The quantitative estimate of drug-likeness (QED) is 0.290. The van der Waals surface area contributed by atoms with Gasteiger partial charge in [-0.25, -0.2) is 0 Å². The number of allylic oxidation sites excluding steroid dienone is 2. The zero-order valence-corrected chi connectivity index (χ0v) is 17.8. The molecule has 1 aromatic rings. The van der Waals surface area contributed by atoms with Gasteiger partial charge in [-0.2, -0.15) is 11.8 Å². The number of carboxylic acids is 1. The third kappa shape index (κ3) is 8.56. The molecular formula is C21H29ClO6S. The lowest BCUT2D eigenvalue weighted by atomic mass is 10.0. The van der Waals surface area contributed by atoms with Gasteiger partial charge in [-0.15, -0.1) is 0 Å². The lowest BCUT2D eigenvalue weighted by molar-refractivity contribution is -0.137. The lowest BCUT2D eigenvalue weighted by Crippen LogP contribution is -2.28. The molecule has 4 N–H and O–H groups in total. The van der Waals surface area contributed by atoms with Crippen LogP contribution in [0.25, 0.3) is 0 Å². The molecular weight excluding hydrogens is 416 g/mol. The van der Waals surface area contributed by atoms with E-state index in [2.05, 4.69) is 0 Å². The minimum Gasteiger partial charge on any atom is -0.491 e. The van der Waals surface area contributed by atoms with Crippen LogP contribution in [0.2, 0.25) is 5.02 Å². The van der Waals surface area contributed by atoms with Gasteiger partial charge in [-0.1, -0.05) is 29.8 Å². The van der Waals surface area contributed by atoms with Crippen molar-refractivity contribution in [1.82, 2.24) is 0 Å². The predicted molar refractivity (Wildman–Crippen MR) is 115 cm³/mol. The molecule has 1 saturated carbocycles. The number of unbranched alkanes of at least 4 members (excludes halogenated alkanes) is 1. The molecule has 5 atom stereocenters. The van der Waals surface area contributed by atoms with Gasteiger partial charge in [-0.3, -0.25) is 4.79 Å². The van der Waals surface area contributed by atoms with E-state index in [0.29, 0.717) is 42.2 Å². The number of thioether (sulfide) groups is 1. The monoisotopic (exact) mass is 444 g/mol. The van der Waals surface area contributed by atoms with E-state index in [1.807, 2.05) is 12.2 Å². The first-order valence-corrected chi connectivity index (χ1v) is 11.2. The van der Waals surface area contributed by atoms with Gasteiger partial charge < -0.3 is 25.2 Å². The molecule has 8 heteroatoms. The molecule has 162 valence electrons. The van der Waals surface area contributed by atoms with Crippen LogP contribution in [0, 0.1) is 5.92 Å². The molecule has 1 aliphatic rings.